The summed E-state index contributed by atoms with van der Waals surface area (Å²) in [4.78, 5) is 14.7. The van der Waals surface area contributed by atoms with Crippen molar-refractivity contribution in [2.75, 3.05) is 6.54 Å². The number of nitrogens with two attached hydrogens (primary N) is 1. The van der Waals surface area contributed by atoms with Gasteiger partial charge in [0.05, 0.1) is 11.0 Å². The van der Waals surface area contributed by atoms with Gasteiger partial charge in [0.15, 0.2) is 0 Å². The summed E-state index contributed by atoms with van der Waals surface area (Å²) < 4.78 is 0. The van der Waals surface area contributed by atoms with Crippen molar-refractivity contribution in [1.82, 2.24) is 4.90 Å². The van der Waals surface area contributed by atoms with Crippen LogP contribution in [-0.4, -0.2) is 28.4 Å². The average molecular weight is 262 g/mol. The summed E-state index contributed by atoms with van der Waals surface area (Å²) in [7, 11) is 0. The Balaban J connectivity index is 2.20. The molecule has 2 N–H and O–H groups in total. The van der Waals surface area contributed by atoms with Gasteiger partial charge in [0.2, 0.25) is 0 Å². The first-order valence-corrected chi connectivity index (χ1v) is 6.67. The van der Waals surface area contributed by atoms with Crippen LogP contribution in [0.15, 0.2) is 24.3 Å². The topological polar surface area (TPSA) is 46.3 Å². The molecule has 0 spiro atoms. The molecule has 0 aliphatic carbocycles. The number of aryl methyl sites for hydroxylation is 1. The highest BCUT2D eigenvalue weighted by Crippen LogP contribution is 2.20. The number of hydrogen-bond donors (Lipinski definition) is 1. The van der Waals surface area contributed by atoms with Crippen LogP contribution in [0.3, 0.4) is 0 Å². The lowest BCUT2D eigenvalue weighted by Crippen LogP contribution is -2.49. The third kappa shape index (κ3) is 2.70. The van der Waals surface area contributed by atoms with E-state index >= 15 is 0 Å². The number of hydrogen-bond acceptors (Lipinski definition) is 2. The molecule has 0 aromatic heterocycles. The summed E-state index contributed by atoms with van der Waals surface area (Å²) in [5.41, 5.74) is 7.60. The van der Waals surface area contributed by atoms with Crippen LogP contribution in [0.25, 0.3) is 0 Å². The molecule has 1 amide bonds. The Labute approximate surface area is 113 Å². The van der Waals surface area contributed by atoms with E-state index in [1.54, 1.807) is 0 Å². The third-order valence-electron chi connectivity index (χ3n) is 3.39. The Morgan fingerprint density at radius 1 is 1.33 bits per heavy atom. The Morgan fingerprint density at radius 2 is 2.00 bits per heavy atom. The SMILES string of the molecule is Cc1ccc(C(=O)N2CCCCC2C(N)=S)cc1. The number of benzene rings is 1. The van der Waals surface area contributed by atoms with Crippen LogP contribution in [-0.2, 0) is 0 Å². The Morgan fingerprint density at radius 3 is 2.61 bits per heavy atom. The monoisotopic (exact) mass is 262 g/mol. The molecule has 1 atom stereocenters. The number of piperidine rings is 1. The fraction of sp³-hybridized carbons (Fsp3) is 0.429. The highest BCUT2D eigenvalue weighted by Gasteiger charge is 2.29. The zero-order valence-electron chi connectivity index (χ0n) is 10.6. The largest absolute Gasteiger partial charge is 0.392 e. The van der Waals surface area contributed by atoms with Crippen LogP contribution in [0, 0.1) is 6.92 Å². The molecule has 0 radical (unpaired) electrons. The normalized spacial score (nSPS) is 19.6. The van der Waals surface area contributed by atoms with Crippen LogP contribution < -0.4 is 5.73 Å². The molecule has 1 aliphatic rings. The third-order valence-corrected chi connectivity index (χ3v) is 3.66. The lowest BCUT2D eigenvalue weighted by molar-refractivity contribution is 0.0681. The van der Waals surface area contributed by atoms with Gasteiger partial charge in [0.1, 0.15) is 0 Å². The Bertz CT molecular complexity index is 455. The van der Waals surface area contributed by atoms with Crippen LogP contribution in [0.1, 0.15) is 35.2 Å². The van der Waals surface area contributed by atoms with Gasteiger partial charge in [-0.2, -0.15) is 0 Å². The molecule has 1 unspecified atom stereocenters. The minimum absolute atomic E-state index is 0.0347. The first-order valence-electron chi connectivity index (χ1n) is 6.26. The highest BCUT2D eigenvalue weighted by molar-refractivity contribution is 7.80. The van der Waals surface area contributed by atoms with E-state index in [1.807, 2.05) is 36.1 Å². The van der Waals surface area contributed by atoms with Gasteiger partial charge < -0.3 is 10.6 Å². The van der Waals surface area contributed by atoms with E-state index in [0.717, 1.165) is 31.4 Å². The maximum atomic E-state index is 12.4. The highest BCUT2D eigenvalue weighted by atomic mass is 32.1. The van der Waals surface area contributed by atoms with E-state index in [2.05, 4.69) is 0 Å². The molecule has 1 saturated heterocycles. The first kappa shape index (κ1) is 13.0. The fourth-order valence-corrected chi connectivity index (χ4v) is 2.58. The molecule has 0 saturated carbocycles. The van der Waals surface area contributed by atoms with Crippen LogP contribution >= 0.6 is 12.2 Å². The van der Waals surface area contributed by atoms with Crippen molar-refractivity contribution in [2.24, 2.45) is 5.73 Å². The summed E-state index contributed by atoms with van der Waals surface area (Å²) in [6.45, 7) is 2.75. The van der Waals surface area contributed by atoms with Crippen molar-refractivity contribution < 1.29 is 4.79 Å². The zero-order chi connectivity index (χ0) is 13.1. The number of nitrogens with zero attached hydrogens (tertiary/aromatic N) is 1. The standard InChI is InChI=1S/C14H18N2OS/c1-10-5-7-11(8-6-10)14(17)16-9-3-2-4-12(16)13(15)18/h5-8,12H,2-4,9H2,1H3,(H2,15,18). The predicted octanol–water partition coefficient (Wildman–Crippen LogP) is 2.28. The van der Waals surface area contributed by atoms with Crippen LogP contribution in [0.4, 0.5) is 0 Å². The minimum Gasteiger partial charge on any atom is -0.392 e. The van der Waals surface area contributed by atoms with Gasteiger partial charge >= 0.3 is 0 Å². The molecule has 3 nitrogen and oxygen atoms in total. The first-order chi connectivity index (χ1) is 8.59. The van der Waals surface area contributed by atoms with E-state index in [4.69, 9.17) is 18.0 Å². The van der Waals surface area contributed by atoms with Gasteiger partial charge in [-0.1, -0.05) is 29.9 Å². The van der Waals surface area contributed by atoms with Crippen molar-refractivity contribution in [2.45, 2.75) is 32.2 Å². The lowest BCUT2D eigenvalue weighted by atomic mass is 10.0. The Kier molecular flexibility index (Phi) is 3.97. The number of thiocarbonyl (C=S) groups is 1. The lowest BCUT2D eigenvalue weighted by Gasteiger charge is -2.35. The predicted molar refractivity (Wildman–Crippen MR) is 76.6 cm³/mol. The second-order valence-electron chi connectivity index (χ2n) is 4.78. The maximum Gasteiger partial charge on any atom is 0.254 e. The van der Waals surface area contributed by atoms with Crippen molar-refractivity contribution in [1.29, 1.82) is 0 Å². The number of rotatable bonds is 2. The molecule has 1 heterocycles. The summed E-state index contributed by atoms with van der Waals surface area (Å²) in [6, 6.07) is 7.55. The van der Waals surface area contributed by atoms with Gasteiger partial charge in [-0.15, -0.1) is 0 Å². The van der Waals surface area contributed by atoms with E-state index in [-0.39, 0.29) is 11.9 Å². The molecule has 0 bridgehead atoms. The van der Waals surface area contributed by atoms with E-state index < -0.39 is 0 Å². The summed E-state index contributed by atoms with van der Waals surface area (Å²) >= 11 is 5.07. The fourth-order valence-electron chi connectivity index (χ4n) is 2.33. The van der Waals surface area contributed by atoms with Crippen LogP contribution in [0.5, 0.6) is 0 Å². The average Bonchev–Trinajstić information content (AvgIpc) is 2.39. The molecule has 1 aromatic carbocycles. The summed E-state index contributed by atoms with van der Waals surface area (Å²) in [6.07, 6.45) is 2.99. The number of carbonyl (C=O) groups is 1. The molecule has 1 aromatic rings. The molecule has 96 valence electrons. The van der Waals surface area contributed by atoms with Gasteiger partial charge in [-0.3, -0.25) is 4.79 Å². The second kappa shape index (κ2) is 5.48. The van der Waals surface area contributed by atoms with Crippen molar-refractivity contribution in [3.05, 3.63) is 35.4 Å². The minimum atomic E-state index is -0.0810. The molecule has 1 fully saturated rings. The molecule has 4 heteroatoms. The van der Waals surface area contributed by atoms with Gasteiger partial charge in [-0.05, 0) is 38.3 Å². The van der Waals surface area contributed by atoms with E-state index in [1.165, 1.54) is 0 Å². The van der Waals surface area contributed by atoms with Crippen molar-refractivity contribution in [3.63, 3.8) is 0 Å². The number of carbonyl (C=O) groups excluding carboxylic acids is 1. The molecule has 2 rings (SSSR count). The van der Waals surface area contributed by atoms with Crippen molar-refractivity contribution in [3.8, 4) is 0 Å². The van der Waals surface area contributed by atoms with Gasteiger partial charge in [0.25, 0.3) is 5.91 Å². The second-order valence-corrected chi connectivity index (χ2v) is 5.25. The Hall–Kier alpha value is -1.42. The zero-order valence-corrected chi connectivity index (χ0v) is 11.4. The number of amides is 1. The smallest absolute Gasteiger partial charge is 0.254 e. The van der Waals surface area contributed by atoms with Gasteiger partial charge in [0, 0.05) is 12.1 Å². The van der Waals surface area contributed by atoms with Crippen LogP contribution in [0.2, 0.25) is 0 Å². The molecular weight excluding hydrogens is 244 g/mol. The van der Waals surface area contributed by atoms with E-state index in [0.29, 0.717) is 10.6 Å². The molecule has 18 heavy (non-hydrogen) atoms. The molecule has 1 aliphatic heterocycles. The number of likely N-dealkylation sites (tertiary alicyclic amines) is 1. The summed E-state index contributed by atoms with van der Waals surface area (Å²) in [5, 5.41) is 0. The van der Waals surface area contributed by atoms with Gasteiger partial charge in [-0.25, -0.2) is 0 Å². The quantitative estimate of drug-likeness (QED) is 0.832. The summed E-state index contributed by atoms with van der Waals surface area (Å²) in [5.74, 6) is 0.0347. The molecular formula is C14H18N2OS. The maximum absolute atomic E-state index is 12.4. The van der Waals surface area contributed by atoms with E-state index in [9.17, 15) is 4.79 Å². The van der Waals surface area contributed by atoms with Crippen molar-refractivity contribution >= 4 is 23.1 Å².